The molecule has 0 unspecified atom stereocenters. The van der Waals surface area contributed by atoms with Gasteiger partial charge in [-0.05, 0) is 37.6 Å². The van der Waals surface area contributed by atoms with Crippen molar-refractivity contribution >= 4 is 5.82 Å². The smallest absolute Gasteiger partial charge is 0.128 e. The first kappa shape index (κ1) is 13.5. The lowest BCUT2D eigenvalue weighted by Gasteiger charge is -2.18. The molecule has 2 aromatic rings. The lowest BCUT2D eigenvalue weighted by molar-refractivity contribution is 0.804. The highest BCUT2D eigenvalue weighted by Gasteiger charge is 2.06. The Morgan fingerprint density at radius 3 is 2.63 bits per heavy atom. The fourth-order valence-electron chi connectivity index (χ4n) is 1.90. The van der Waals surface area contributed by atoms with Crippen LogP contribution in [0.3, 0.4) is 0 Å². The van der Waals surface area contributed by atoms with Crippen LogP contribution < -0.4 is 10.6 Å². The van der Waals surface area contributed by atoms with Gasteiger partial charge in [0.15, 0.2) is 0 Å². The summed E-state index contributed by atoms with van der Waals surface area (Å²) in [6.45, 7) is 4.70. The molecular formula is C15H20N4. The second-order valence-corrected chi connectivity index (χ2v) is 4.86. The quantitative estimate of drug-likeness (QED) is 0.913. The minimum absolute atomic E-state index is 0.0188. The summed E-state index contributed by atoms with van der Waals surface area (Å²) in [7, 11) is 2.01. The molecule has 0 aliphatic heterocycles. The zero-order valence-corrected chi connectivity index (χ0v) is 11.7. The molecule has 100 valence electrons. The summed E-state index contributed by atoms with van der Waals surface area (Å²) in [6.07, 6.45) is 1.83. The molecule has 0 aliphatic carbocycles. The van der Waals surface area contributed by atoms with Crippen LogP contribution in [0.1, 0.15) is 29.9 Å². The number of rotatable bonds is 4. The van der Waals surface area contributed by atoms with Gasteiger partial charge >= 0.3 is 0 Å². The van der Waals surface area contributed by atoms with E-state index >= 15 is 0 Å². The fourth-order valence-corrected chi connectivity index (χ4v) is 1.90. The Kier molecular flexibility index (Phi) is 4.12. The minimum Gasteiger partial charge on any atom is -0.354 e. The van der Waals surface area contributed by atoms with Crippen molar-refractivity contribution in [3.05, 3.63) is 53.5 Å². The number of nitrogens with two attached hydrogens (primary N) is 1. The highest BCUT2D eigenvalue weighted by molar-refractivity contribution is 5.39. The van der Waals surface area contributed by atoms with Crippen molar-refractivity contribution in [2.45, 2.75) is 26.4 Å². The largest absolute Gasteiger partial charge is 0.354 e. The van der Waals surface area contributed by atoms with Gasteiger partial charge in [0.2, 0.25) is 0 Å². The van der Waals surface area contributed by atoms with Crippen LogP contribution in [-0.4, -0.2) is 17.0 Å². The predicted octanol–water partition coefficient (Wildman–Crippen LogP) is 2.44. The molecule has 2 N–H and O–H groups in total. The molecule has 0 aliphatic rings. The summed E-state index contributed by atoms with van der Waals surface area (Å²) in [5.74, 6) is 0.924. The van der Waals surface area contributed by atoms with E-state index in [-0.39, 0.29) is 6.04 Å². The summed E-state index contributed by atoms with van der Waals surface area (Å²) in [5, 5.41) is 0. The normalized spacial score (nSPS) is 12.2. The maximum absolute atomic E-state index is 5.82. The molecule has 0 saturated heterocycles. The van der Waals surface area contributed by atoms with Gasteiger partial charge in [-0.25, -0.2) is 4.98 Å². The molecule has 0 spiro atoms. The van der Waals surface area contributed by atoms with Gasteiger partial charge in [0, 0.05) is 25.0 Å². The first-order valence-corrected chi connectivity index (χ1v) is 6.41. The molecular weight excluding hydrogens is 236 g/mol. The molecule has 1 atom stereocenters. The van der Waals surface area contributed by atoms with Gasteiger partial charge in [0.25, 0.3) is 0 Å². The number of aryl methyl sites for hydroxylation is 1. The van der Waals surface area contributed by atoms with E-state index in [4.69, 9.17) is 5.73 Å². The van der Waals surface area contributed by atoms with Gasteiger partial charge in [0.05, 0.1) is 12.2 Å². The van der Waals surface area contributed by atoms with Gasteiger partial charge in [-0.1, -0.05) is 12.1 Å². The standard InChI is InChI=1S/C15H20N4/c1-11-5-4-6-14(18-11)10-19(3)15-8-7-13(9-17-15)12(2)16/h4-9,12H,10,16H2,1-3H3/t12-/m0/s1. The number of hydrogen-bond acceptors (Lipinski definition) is 4. The van der Waals surface area contributed by atoms with Crippen LogP contribution in [0.2, 0.25) is 0 Å². The molecule has 4 nitrogen and oxygen atoms in total. The second kappa shape index (κ2) is 5.80. The topological polar surface area (TPSA) is 55.0 Å². The predicted molar refractivity (Wildman–Crippen MR) is 77.9 cm³/mol. The summed E-state index contributed by atoms with van der Waals surface area (Å²) in [4.78, 5) is 11.0. The third-order valence-electron chi connectivity index (χ3n) is 3.03. The van der Waals surface area contributed by atoms with Crippen molar-refractivity contribution < 1.29 is 0 Å². The zero-order chi connectivity index (χ0) is 13.8. The van der Waals surface area contributed by atoms with Crippen LogP contribution in [0.5, 0.6) is 0 Å². The summed E-state index contributed by atoms with van der Waals surface area (Å²) in [6, 6.07) is 10.1. The number of hydrogen-bond donors (Lipinski definition) is 1. The fraction of sp³-hybridized carbons (Fsp3) is 0.333. The minimum atomic E-state index is 0.0188. The van der Waals surface area contributed by atoms with E-state index < -0.39 is 0 Å². The van der Waals surface area contributed by atoms with E-state index in [0.717, 1.165) is 29.3 Å². The first-order chi connectivity index (χ1) is 9.06. The van der Waals surface area contributed by atoms with Crippen LogP contribution in [0, 0.1) is 6.92 Å². The molecule has 0 saturated carbocycles. The molecule has 0 amide bonds. The Hall–Kier alpha value is -1.94. The molecule has 0 bridgehead atoms. The van der Waals surface area contributed by atoms with Gasteiger partial charge in [0.1, 0.15) is 5.82 Å². The molecule has 19 heavy (non-hydrogen) atoms. The van der Waals surface area contributed by atoms with Crippen LogP contribution in [-0.2, 0) is 6.54 Å². The molecule has 2 rings (SSSR count). The molecule has 0 fully saturated rings. The number of nitrogens with zero attached hydrogens (tertiary/aromatic N) is 3. The first-order valence-electron chi connectivity index (χ1n) is 6.41. The Morgan fingerprint density at radius 2 is 2.05 bits per heavy atom. The van der Waals surface area contributed by atoms with Crippen LogP contribution >= 0.6 is 0 Å². The van der Waals surface area contributed by atoms with Gasteiger partial charge < -0.3 is 10.6 Å². The number of anilines is 1. The van der Waals surface area contributed by atoms with E-state index in [1.54, 1.807) is 0 Å². The van der Waals surface area contributed by atoms with E-state index in [9.17, 15) is 0 Å². The average molecular weight is 256 g/mol. The van der Waals surface area contributed by atoms with Crippen molar-refractivity contribution in [1.82, 2.24) is 9.97 Å². The maximum Gasteiger partial charge on any atom is 0.128 e. The number of aromatic nitrogens is 2. The van der Waals surface area contributed by atoms with Crippen LogP contribution in [0.25, 0.3) is 0 Å². The highest BCUT2D eigenvalue weighted by atomic mass is 15.2. The summed E-state index contributed by atoms with van der Waals surface area (Å²) < 4.78 is 0. The molecule has 4 heteroatoms. The van der Waals surface area contributed by atoms with E-state index in [0.29, 0.717) is 0 Å². The van der Waals surface area contributed by atoms with Crippen molar-refractivity contribution in [3.8, 4) is 0 Å². The van der Waals surface area contributed by atoms with Gasteiger partial charge in [-0.2, -0.15) is 0 Å². The Labute approximate surface area is 114 Å². The molecule has 2 aromatic heterocycles. The van der Waals surface area contributed by atoms with E-state index in [1.165, 1.54) is 0 Å². The third kappa shape index (κ3) is 3.51. The maximum atomic E-state index is 5.82. The van der Waals surface area contributed by atoms with Crippen molar-refractivity contribution in [3.63, 3.8) is 0 Å². The summed E-state index contributed by atoms with van der Waals surface area (Å²) in [5.41, 5.74) is 8.94. The van der Waals surface area contributed by atoms with E-state index in [2.05, 4.69) is 14.9 Å². The van der Waals surface area contributed by atoms with E-state index in [1.807, 2.05) is 57.4 Å². The highest BCUT2D eigenvalue weighted by Crippen LogP contribution is 2.15. The summed E-state index contributed by atoms with van der Waals surface area (Å²) >= 11 is 0. The third-order valence-corrected chi connectivity index (χ3v) is 3.03. The Morgan fingerprint density at radius 1 is 1.26 bits per heavy atom. The average Bonchev–Trinajstić information content (AvgIpc) is 2.39. The molecule has 2 heterocycles. The SMILES string of the molecule is Cc1cccc(CN(C)c2ccc([C@H](C)N)cn2)n1. The molecule has 0 radical (unpaired) electrons. The lowest BCUT2D eigenvalue weighted by Crippen LogP contribution is -2.19. The van der Waals surface area contributed by atoms with Crippen molar-refractivity contribution in [2.75, 3.05) is 11.9 Å². The Balaban J connectivity index is 2.09. The van der Waals surface area contributed by atoms with Crippen LogP contribution in [0.4, 0.5) is 5.82 Å². The van der Waals surface area contributed by atoms with Crippen LogP contribution in [0.15, 0.2) is 36.5 Å². The molecule has 0 aromatic carbocycles. The van der Waals surface area contributed by atoms with Gasteiger partial charge in [-0.3, -0.25) is 4.98 Å². The Bertz CT molecular complexity index is 534. The number of pyridine rings is 2. The second-order valence-electron chi connectivity index (χ2n) is 4.86. The zero-order valence-electron chi connectivity index (χ0n) is 11.7. The lowest BCUT2D eigenvalue weighted by atomic mass is 10.1. The monoisotopic (exact) mass is 256 g/mol. The van der Waals surface area contributed by atoms with Crippen molar-refractivity contribution in [2.24, 2.45) is 5.73 Å². The van der Waals surface area contributed by atoms with Crippen molar-refractivity contribution in [1.29, 1.82) is 0 Å². The van der Waals surface area contributed by atoms with Gasteiger partial charge in [-0.15, -0.1) is 0 Å².